The van der Waals surface area contributed by atoms with E-state index in [1.807, 2.05) is 0 Å². The van der Waals surface area contributed by atoms with Crippen LogP contribution in [0.5, 0.6) is 0 Å². The number of halogens is 3. The Balaban J connectivity index is 1.87. The van der Waals surface area contributed by atoms with Crippen molar-refractivity contribution in [3.63, 3.8) is 0 Å². The van der Waals surface area contributed by atoms with Gasteiger partial charge in [0.1, 0.15) is 0 Å². The van der Waals surface area contributed by atoms with Gasteiger partial charge in [0.25, 0.3) is 0 Å². The molecule has 0 radical (unpaired) electrons. The second kappa shape index (κ2) is 6.84. The van der Waals surface area contributed by atoms with Crippen molar-refractivity contribution in [2.24, 2.45) is 0 Å². The van der Waals surface area contributed by atoms with Gasteiger partial charge in [-0.25, -0.2) is 0 Å². The summed E-state index contributed by atoms with van der Waals surface area (Å²) in [5, 5.41) is 15.9. The van der Waals surface area contributed by atoms with Gasteiger partial charge < -0.3 is 15.7 Å². The summed E-state index contributed by atoms with van der Waals surface area (Å²) in [6, 6.07) is 9.45. The van der Waals surface area contributed by atoms with E-state index in [2.05, 4.69) is 17.2 Å². The molecule has 136 valence electrons. The summed E-state index contributed by atoms with van der Waals surface area (Å²) >= 11 is 0. The number of hydrogen-bond acceptors (Lipinski definition) is 3. The molecule has 2 aromatic carbocycles. The highest BCUT2D eigenvalue weighted by Crippen LogP contribution is 2.37. The minimum Gasteiger partial charge on any atom is -0.390 e. The summed E-state index contributed by atoms with van der Waals surface area (Å²) in [5.41, 5.74) is 1.63. The first-order valence-corrected chi connectivity index (χ1v) is 7.96. The van der Waals surface area contributed by atoms with Gasteiger partial charge in [-0.15, -0.1) is 0 Å². The number of alkyl halides is 3. The van der Waals surface area contributed by atoms with Crippen LogP contribution in [0.15, 0.2) is 55.1 Å². The predicted octanol–water partition coefficient (Wildman–Crippen LogP) is 3.90. The second-order valence-corrected chi connectivity index (χ2v) is 6.08. The number of hydrogen-bond donors (Lipinski definition) is 3. The molecule has 0 saturated carbocycles. The Morgan fingerprint density at radius 1 is 1.19 bits per heavy atom. The molecule has 0 spiro atoms. The number of nitrogens with one attached hydrogen (secondary N) is 2. The fraction of sp³-hybridized carbons (Fsp3) is 0.211. The van der Waals surface area contributed by atoms with Gasteiger partial charge in [-0.2, -0.15) is 13.2 Å². The fourth-order valence-corrected chi connectivity index (χ4v) is 3.03. The van der Waals surface area contributed by atoms with Crippen molar-refractivity contribution in [1.29, 1.82) is 0 Å². The molecule has 0 unspecified atom stereocenters. The van der Waals surface area contributed by atoms with Crippen LogP contribution in [-0.2, 0) is 17.4 Å². The molecule has 0 aliphatic heterocycles. The average Bonchev–Trinajstić information content (AvgIpc) is 2.89. The van der Waals surface area contributed by atoms with Crippen LogP contribution in [0.1, 0.15) is 22.7 Å². The third-order valence-corrected chi connectivity index (χ3v) is 4.26. The summed E-state index contributed by atoms with van der Waals surface area (Å²) in [4.78, 5) is 11.4. The van der Waals surface area contributed by atoms with E-state index in [0.717, 1.165) is 29.3 Å². The number of carbonyl (C=O) groups excluding carboxylic acids is 1. The van der Waals surface area contributed by atoms with Crippen molar-refractivity contribution in [3.8, 4) is 0 Å². The van der Waals surface area contributed by atoms with Crippen LogP contribution >= 0.6 is 0 Å². The minimum absolute atomic E-state index is 0.261. The number of anilines is 2. The first-order valence-electron chi connectivity index (χ1n) is 7.96. The Labute approximate surface area is 148 Å². The van der Waals surface area contributed by atoms with E-state index in [-0.39, 0.29) is 11.6 Å². The molecular weight excluding hydrogens is 345 g/mol. The summed E-state index contributed by atoms with van der Waals surface area (Å²) in [7, 11) is 0. The van der Waals surface area contributed by atoms with Crippen molar-refractivity contribution in [2.75, 3.05) is 10.6 Å². The van der Waals surface area contributed by atoms with E-state index < -0.39 is 23.9 Å². The highest BCUT2D eigenvalue weighted by molar-refractivity contribution is 5.98. The number of aliphatic hydroxyl groups excluding tert-OH is 1. The van der Waals surface area contributed by atoms with Crippen molar-refractivity contribution >= 4 is 17.3 Å². The number of carbonyl (C=O) groups is 1. The SMILES string of the molecule is C=CC(=O)Nc1ccc2c(c1)[C@@H](Nc1cccc(C(F)(F)F)c1)[C@H](O)C2. The van der Waals surface area contributed by atoms with Crippen LogP contribution in [0.25, 0.3) is 0 Å². The zero-order valence-electron chi connectivity index (χ0n) is 13.7. The monoisotopic (exact) mass is 362 g/mol. The first-order chi connectivity index (χ1) is 12.3. The van der Waals surface area contributed by atoms with Gasteiger partial charge in [0.2, 0.25) is 5.91 Å². The number of amides is 1. The highest BCUT2D eigenvalue weighted by Gasteiger charge is 2.33. The quantitative estimate of drug-likeness (QED) is 0.723. The van der Waals surface area contributed by atoms with Crippen molar-refractivity contribution < 1.29 is 23.1 Å². The lowest BCUT2D eigenvalue weighted by Crippen LogP contribution is -2.21. The van der Waals surface area contributed by atoms with Gasteiger partial charge in [0, 0.05) is 17.8 Å². The standard InChI is InChI=1S/C19H17F3N2O2/c1-2-17(26)23-14-7-6-11-8-16(25)18(15(11)10-14)24-13-5-3-4-12(9-13)19(20,21)22/h2-7,9-10,16,18,24-25H,1,8H2,(H,23,26)/t16-,18-/m1/s1. The van der Waals surface area contributed by atoms with E-state index in [4.69, 9.17) is 0 Å². The predicted molar refractivity (Wildman–Crippen MR) is 92.8 cm³/mol. The van der Waals surface area contributed by atoms with E-state index >= 15 is 0 Å². The van der Waals surface area contributed by atoms with Gasteiger partial charge in [-0.1, -0.05) is 18.7 Å². The lowest BCUT2D eigenvalue weighted by Gasteiger charge is -2.20. The molecule has 0 fully saturated rings. The maximum Gasteiger partial charge on any atom is 0.416 e. The Hall–Kier alpha value is -2.80. The molecule has 0 heterocycles. The molecular formula is C19H17F3N2O2. The molecule has 3 rings (SSSR count). The topological polar surface area (TPSA) is 61.4 Å². The third-order valence-electron chi connectivity index (χ3n) is 4.26. The molecule has 2 atom stereocenters. The van der Waals surface area contributed by atoms with Gasteiger partial charge in [0.05, 0.1) is 17.7 Å². The number of rotatable bonds is 4. The largest absolute Gasteiger partial charge is 0.416 e. The first kappa shape index (κ1) is 18.0. The molecule has 3 N–H and O–H groups in total. The fourth-order valence-electron chi connectivity index (χ4n) is 3.03. The van der Waals surface area contributed by atoms with E-state index in [1.165, 1.54) is 12.1 Å². The zero-order chi connectivity index (χ0) is 18.9. The molecule has 1 amide bonds. The van der Waals surface area contributed by atoms with Gasteiger partial charge >= 0.3 is 6.18 Å². The maximum absolute atomic E-state index is 12.9. The molecule has 2 aromatic rings. The van der Waals surface area contributed by atoms with Crippen LogP contribution in [0, 0.1) is 0 Å². The molecule has 0 saturated heterocycles. The molecule has 1 aliphatic carbocycles. The molecule has 7 heteroatoms. The van der Waals surface area contributed by atoms with Crippen molar-refractivity contribution in [3.05, 3.63) is 71.8 Å². The lowest BCUT2D eigenvalue weighted by atomic mass is 10.1. The summed E-state index contributed by atoms with van der Waals surface area (Å²) < 4.78 is 38.6. The maximum atomic E-state index is 12.9. The number of benzene rings is 2. The van der Waals surface area contributed by atoms with E-state index in [0.29, 0.717) is 12.1 Å². The van der Waals surface area contributed by atoms with Crippen LogP contribution in [0.2, 0.25) is 0 Å². The van der Waals surface area contributed by atoms with Crippen LogP contribution in [0.3, 0.4) is 0 Å². The number of aliphatic hydroxyl groups is 1. The van der Waals surface area contributed by atoms with Gasteiger partial charge in [-0.05, 0) is 47.5 Å². The molecule has 4 nitrogen and oxygen atoms in total. The summed E-state index contributed by atoms with van der Waals surface area (Å²) in [6.45, 7) is 3.38. The molecule has 1 aliphatic rings. The molecule has 26 heavy (non-hydrogen) atoms. The highest BCUT2D eigenvalue weighted by atomic mass is 19.4. The van der Waals surface area contributed by atoms with Crippen molar-refractivity contribution in [2.45, 2.75) is 24.7 Å². The molecule has 0 aromatic heterocycles. The summed E-state index contributed by atoms with van der Waals surface area (Å²) in [6.07, 6.45) is -3.71. The van der Waals surface area contributed by atoms with Crippen LogP contribution in [0.4, 0.5) is 24.5 Å². The Morgan fingerprint density at radius 3 is 2.65 bits per heavy atom. The number of fused-ring (bicyclic) bond motifs is 1. The smallest absolute Gasteiger partial charge is 0.390 e. The average molecular weight is 362 g/mol. The Bertz CT molecular complexity index is 849. The van der Waals surface area contributed by atoms with Gasteiger partial charge in [-0.3, -0.25) is 4.79 Å². The second-order valence-electron chi connectivity index (χ2n) is 6.08. The minimum atomic E-state index is -4.44. The van der Waals surface area contributed by atoms with E-state index in [1.54, 1.807) is 18.2 Å². The normalized spacial score (nSPS) is 18.9. The molecule has 0 bridgehead atoms. The van der Waals surface area contributed by atoms with Gasteiger partial charge in [0.15, 0.2) is 0 Å². The third kappa shape index (κ3) is 3.72. The Morgan fingerprint density at radius 2 is 1.96 bits per heavy atom. The Kier molecular flexibility index (Phi) is 4.73. The zero-order valence-corrected chi connectivity index (χ0v) is 13.7. The van der Waals surface area contributed by atoms with E-state index in [9.17, 15) is 23.1 Å². The van der Waals surface area contributed by atoms with Crippen LogP contribution < -0.4 is 10.6 Å². The lowest BCUT2D eigenvalue weighted by molar-refractivity contribution is -0.137. The van der Waals surface area contributed by atoms with Crippen molar-refractivity contribution in [1.82, 2.24) is 0 Å². The summed E-state index contributed by atoms with van der Waals surface area (Å²) in [5.74, 6) is -0.370. The van der Waals surface area contributed by atoms with Crippen LogP contribution in [-0.4, -0.2) is 17.1 Å².